The third-order valence-corrected chi connectivity index (χ3v) is 3.20. The van der Waals surface area contributed by atoms with E-state index in [1.165, 1.54) is 0 Å². The molecule has 0 aliphatic carbocycles. The molecule has 0 saturated heterocycles. The molecule has 0 radical (unpaired) electrons. The van der Waals surface area contributed by atoms with Gasteiger partial charge in [0.05, 0.1) is 0 Å². The first-order valence-corrected chi connectivity index (χ1v) is 6.71. The van der Waals surface area contributed by atoms with Crippen LogP contribution in [0.1, 0.15) is 53.9 Å². The Balaban J connectivity index is 4.59. The molecule has 0 saturated carbocycles. The van der Waals surface area contributed by atoms with E-state index in [4.69, 9.17) is 5.84 Å². The summed E-state index contributed by atoms with van der Waals surface area (Å²) in [5.41, 5.74) is 2.21. The van der Waals surface area contributed by atoms with Crippen LogP contribution in [-0.4, -0.2) is 29.4 Å². The molecule has 4 nitrogen and oxygen atoms in total. The van der Waals surface area contributed by atoms with E-state index in [9.17, 15) is 4.79 Å². The summed E-state index contributed by atoms with van der Waals surface area (Å²) in [5, 5.41) is 0. The summed E-state index contributed by atoms with van der Waals surface area (Å²) >= 11 is 0. The minimum Gasteiger partial charge on any atom is -0.297 e. The minimum absolute atomic E-state index is 0.0859. The van der Waals surface area contributed by atoms with Crippen molar-refractivity contribution in [3.8, 4) is 0 Å². The van der Waals surface area contributed by atoms with Gasteiger partial charge in [-0.1, -0.05) is 27.7 Å². The second-order valence-electron chi connectivity index (χ2n) is 5.18. The highest BCUT2D eigenvalue weighted by Gasteiger charge is 2.23. The van der Waals surface area contributed by atoms with Crippen molar-refractivity contribution < 1.29 is 4.79 Å². The molecular formula is C13H29N3O. The molecule has 0 aromatic carbocycles. The quantitative estimate of drug-likeness (QED) is 0.389. The molecule has 0 aliphatic heterocycles. The molecule has 0 spiro atoms. The van der Waals surface area contributed by atoms with Gasteiger partial charge in [-0.25, -0.2) is 5.84 Å². The lowest BCUT2D eigenvalue weighted by atomic mass is 10.0. The fourth-order valence-electron chi connectivity index (χ4n) is 2.31. The number of hydrogen-bond acceptors (Lipinski definition) is 3. The van der Waals surface area contributed by atoms with E-state index >= 15 is 0 Å². The Morgan fingerprint density at radius 3 is 2.12 bits per heavy atom. The van der Waals surface area contributed by atoms with Gasteiger partial charge in [0.2, 0.25) is 5.91 Å². The Kier molecular flexibility index (Phi) is 8.17. The van der Waals surface area contributed by atoms with Gasteiger partial charge in [-0.3, -0.25) is 15.1 Å². The average Bonchev–Trinajstić information content (AvgIpc) is 2.28. The molecule has 0 heterocycles. The molecule has 0 aromatic heterocycles. The lowest BCUT2D eigenvalue weighted by Gasteiger charge is -2.36. The highest BCUT2D eigenvalue weighted by atomic mass is 16.2. The lowest BCUT2D eigenvalue weighted by Crippen LogP contribution is -2.46. The van der Waals surface area contributed by atoms with Crippen molar-refractivity contribution in [1.29, 1.82) is 0 Å². The van der Waals surface area contributed by atoms with E-state index < -0.39 is 0 Å². The van der Waals surface area contributed by atoms with Gasteiger partial charge in [-0.15, -0.1) is 0 Å². The summed E-state index contributed by atoms with van der Waals surface area (Å²) in [6.07, 6.45) is 2.72. The fraction of sp³-hybridized carbons (Fsp3) is 0.923. The largest absolute Gasteiger partial charge is 0.297 e. The number of nitrogens with zero attached hydrogens (tertiary/aromatic N) is 1. The Morgan fingerprint density at radius 2 is 1.76 bits per heavy atom. The summed E-state index contributed by atoms with van der Waals surface area (Å²) in [5.74, 6) is 5.67. The first-order chi connectivity index (χ1) is 7.96. The van der Waals surface area contributed by atoms with Crippen LogP contribution in [0.4, 0.5) is 0 Å². The maximum Gasteiger partial charge on any atom is 0.235 e. The monoisotopic (exact) mass is 243 g/mol. The summed E-state index contributed by atoms with van der Waals surface area (Å²) < 4.78 is 0. The number of carbonyl (C=O) groups excluding carboxylic acids is 1. The number of carbonyl (C=O) groups is 1. The van der Waals surface area contributed by atoms with E-state index in [0.717, 1.165) is 19.4 Å². The van der Waals surface area contributed by atoms with Crippen LogP contribution in [0.3, 0.4) is 0 Å². The molecule has 1 amide bonds. The number of hydrazine groups is 1. The number of nitrogens with one attached hydrogen (secondary N) is 1. The fourth-order valence-corrected chi connectivity index (χ4v) is 2.31. The van der Waals surface area contributed by atoms with E-state index in [1.54, 1.807) is 0 Å². The summed E-state index contributed by atoms with van der Waals surface area (Å²) in [6, 6.07) is 0.795. The van der Waals surface area contributed by atoms with Crippen molar-refractivity contribution >= 4 is 5.91 Å². The molecule has 0 aliphatic rings. The molecule has 1 unspecified atom stereocenters. The van der Waals surface area contributed by atoms with E-state index in [-0.39, 0.29) is 11.9 Å². The van der Waals surface area contributed by atoms with Gasteiger partial charge in [0.25, 0.3) is 0 Å². The highest BCUT2D eigenvalue weighted by Crippen LogP contribution is 2.17. The van der Waals surface area contributed by atoms with Gasteiger partial charge >= 0.3 is 0 Å². The second kappa shape index (κ2) is 8.48. The molecule has 4 heteroatoms. The zero-order valence-electron chi connectivity index (χ0n) is 12.0. The zero-order chi connectivity index (χ0) is 13.4. The molecule has 0 aromatic rings. The van der Waals surface area contributed by atoms with E-state index in [0.29, 0.717) is 18.4 Å². The maximum absolute atomic E-state index is 11.3. The van der Waals surface area contributed by atoms with Crippen LogP contribution in [0.5, 0.6) is 0 Å². The molecular weight excluding hydrogens is 214 g/mol. The van der Waals surface area contributed by atoms with Crippen molar-refractivity contribution in [3.05, 3.63) is 0 Å². The van der Waals surface area contributed by atoms with Crippen LogP contribution in [0.15, 0.2) is 0 Å². The van der Waals surface area contributed by atoms with Crippen molar-refractivity contribution in [2.75, 3.05) is 6.54 Å². The molecule has 1 atom stereocenters. The highest BCUT2D eigenvalue weighted by molar-refractivity contribution is 5.75. The number of amides is 1. The molecule has 17 heavy (non-hydrogen) atoms. The molecule has 0 rings (SSSR count). The van der Waals surface area contributed by atoms with Gasteiger partial charge in [0.1, 0.15) is 0 Å². The maximum atomic E-state index is 11.3. The van der Waals surface area contributed by atoms with Crippen LogP contribution in [0.25, 0.3) is 0 Å². The van der Waals surface area contributed by atoms with Crippen molar-refractivity contribution in [2.24, 2.45) is 11.8 Å². The SMILES string of the molecule is CCC(CC)N(CC(C)C)C(C)CC(=O)NN. The van der Waals surface area contributed by atoms with Crippen molar-refractivity contribution in [2.45, 2.75) is 66.0 Å². The third kappa shape index (κ3) is 6.03. The lowest BCUT2D eigenvalue weighted by molar-refractivity contribution is -0.122. The van der Waals surface area contributed by atoms with Gasteiger partial charge in [0.15, 0.2) is 0 Å². The molecule has 102 valence electrons. The molecule has 0 bridgehead atoms. The van der Waals surface area contributed by atoms with Gasteiger partial charge in [0, 0.05) is 25.0 Å². The van der Waals surface area contributed by atoms with Gasteiger partial charge < -0.3 is 0 Å². The normalized spacial score (nSPS) is 13.5. The first kappa shape index (κ1) is 16.4. The predicted molar refractivity (Wildman–Crippen MR) is 72.3 cm³/mol. The van der Waals surface area contributed by atoms with Crippen LogP contribution in [0.2, 0.25) is 0 Å². The molecule has 0 fully saturated rings. The third-order valence-electron chi connectivity index (χ3n) is 3.20. The van der Waals surface area contributed by atoms with Gasteiger partial charge in [-0.2, -0.15) is 0 Å². The van der Waals surface area contributed by atoms with Crippen LogP contribution >= 0.6 is 0 Å². The van der Waals surface area contributed by atoms with Crippen LogP contribution in [0, 0.1) is 5.92 Å². The number of hydrogen-bond donors (Lipinski definition) is 2. The topological polar surface area (TPSA) is 58.4 Å². The summed E-state index contributed by atoms with van der Waals surface area (Å²) in [4.78, 5) is 13.8. The van der Waals surface area contributed by atoms with E-state index in [2.05, 4.69) is 44.9 Å². The number of rotatable bonds is 8. The standard InChI is InChI=1S/C13H29N3O/c1-6-12(7-2)16(9-10(3)4)11(5)8-13(17)15-14/h10-12H,6-9,14H2,1-5H3,(H,15,17). The van der Waals surface area contributed by atoms with Crippen LogP contribution < -0.4 is 11.3 Å². The summed E-state index contributed by atoms with van der Waals surface area (Å²) in [7, 11) is 0. The Bertz CT molecular complexity index is 215. The Labute approximate surface area is 106 Å². The van der Waals surface area contributed by atoms with Gasteiger partial charge in [-0.05, 0) is 25.7 Å². The van der Waals surface area contributed by atoms with Crippen molar-refractivity contribution in [3.63, 3.8) is 0 Å². The first-order valence-electron chi connectivity index (χ1n) is 6.71. The van der Waals surface area contributed by atoms with Crippen molar-refractivity contribution in [1.82, 2.24) is 10.3 Å². The number of nitrogens with two attached hydrogens (primary N) is 1. The average molecular weight is 243 g/mol. The minimum atomic E-state index is -0.0859. The predicted octanol–water partition coefficient (Wildman–Crippen LogP) is 1.90. The second-order valence-corrected chi connectivity index (χ2v) is 5.18. The Morgan fingerprint density at radius 1 is 1.24 bits per heavy atom. The van der Waals surface area contributed by atoms with Crippen LogP contribution in [-0.2, 0) is 4.79 Å². The zero-order valence-corrected chi connectivity index (χ0v) is 12.0. The Hall–Kier alpha value is -0.610. The summed E-state index contributed by atoms with van der Waals surface area (Å²) in [6.45, 7) is 12.0. The smallest absolute Gasteiger partial charge is 0.235 e. The molecule has 3 N–H and O–H groups in total. The van der Waals surface area contributed by atoms with E-state index in [1.807, 2.05) is 0 Å².